The third-order valence-electron chi connectivity index (χ3n) is 2.04. The van der Waals surface area contributed by atoms with Crippen LogP contribution in [0.3, 0.4) is 0 Å². The Balaban J connectivity index is 2.30. The lowest BCUT2D eigenvalue weighted by molar-refractivity contribution is 0.667. The first-order chi connectivity index (χ1) is 7.56. The van der Waals surface area contributed by atoms with E-state index in [9.17, 15) is 0 Å². The molecule has 0 aliphatic heterocycles. The Hall–Kier alpha value is 0.160. The van der Waals surface area contributed by atoms with Crippen LogP contribution in [0.1, 0.15) is 5.56 Å². The van der Waals surface area contributed by atoms with E-state index in [0.29, 0.717) is 6.54 Å². The van der Waals surface area contributed by atoms with Gasteiger partial charge in [-0.2, -0.15) is 5.10 Å². The van der Waals surface area contributed by atoms with Crippen molar-refractivity contribution in [3.8, 4) is 0 Å². The van der Waals surface area contributed by atoms with E-state index >= 15 is 0 Å². The van der Waals surface area contributed by atoms with Crippen LogP contribution in [0, 0.1) is 0 Å². The molecule has 0 radical (unpaired) electrons. The first-order valence-electron chi connectivity index (χ1n) is 4.39. The van der Waals surface area contributed by atoms with Crippen LogP contribution in [0.5, 0.6) is 0 Å². The average Bonchev–Trinajstić information content (AvgIpc) is 2.50. The predicted molar refractivity (Wildman–Crippen MR) is 75.9 cm³/mol. The zero-order valence-electron chi connectivity index (χ0n) is 7.92. The lowest BCUT2D eigenvalue weighted by Crippen LogP contribution is -2.02. The molecule has 1 heterocycles. The number of hydrogen-bond donors (Lipinski definition) is 0. The average molecular weight is 429 g/mol. The quantitative estimate of drug-likeness (QED) is 0.666. The van der Waals surface area contributed by atoms with Crippen LogP contribution in [0.25, 0.3) is 0 Å². The van der Waals surface area contributed by atoms with E-state index in [1.165, 1.54) is 0 Å². The van der Waals surface area contributed by atoms with Gasteiger partial charge in [0.05, 0.1) is 6.54 Å². The van der Waals surface area contributed by atoms with Crippen LogP contribution >= 0.6 is 59.4 Å². The molecular weight excluding hydrogens is 423 g/mol. The van der Waals surface area contributed by atoms with Gasteiger partial charge in [-0.25, -0.2) is 0 Å². The van der Waals surface area contributed by atoms with Crippen LogP contribution in [0.2, 0.25) is 5.02 Å². The molecule has 0 bridgehead atoms. The van der Waals surface area contributed by atoms with Crippen LogP contribution in [-0.2, 0) is 6.54 Å². The van der Waals surface area contributed by atoms with Crippen molar-refractivity contribution >= 4 is 59.4 Å². The van der Waals surface area contributed by atoms with Gasteiger partial charge in [0.2, 0.25) is 0 Å². The van der Waals surface area contributed by atoms with Crippen molar-refractivity contribution in [2.75, 3.05) is 0 Å². The summed E-state index contributed by atoms with van der Waals surface area (Å²) >= 11 is 16.3. The predicted octanol–water partition coefficient (Wildman–Crippen LogP) is 4.87. The second kappa shape index (κ2) is 5.21. The summed E-state index contributed by atoms with van der Waals surface area (Å²) in [5, 5.41) is 5.01. The number of benzene rings is 1. The van der Waals surface area contributed by atoms with Gasteiger partial charge >= 0.3 is 0 Å². The molecule has 84 valence electrons. The molecule has 1 aromatic heterocycles. The Morgan fingerprint density at radius 3 is 2.50 bits per heavy atom. The molecule has 0 N–H and O–H groups in total. The third kappa shape index (κ3) is 2.88. The van der Waals surface area contributed by atoms with Crippen molar-refractivity contribution in [3.63, 3.8) is 0 Å². The Morgan fingerprint density at radius 2 is 1.94 bits per heavy atom. The monoisotopic (exact) mass is 426 g/mol. The summed E-state index contributed by atoms with van der Waals surface area (Å²) in [5.41, 5.74) is 1.03. The largest absolute Gasteiger partial charge is 0.253 e. The summed E-state index contributed by atoms with van der Waals surface area (Å²) in [4.78, 5) is 0. The fourth-order valence-corrected chi connectivity index (χ4v) is 3.16. The van der Waals surface area contributed by atoms with Crippen molar-refractivity contribution < 1.29 is 0 Å². The van der Waals surface area contributed by atoms with Crippen molar-refractivity contribution in [1.29, 1.82) is 0 Å². The van der Waals surface area contributed by atoms with E-state index < -0.39 is 0 Å². The highest BCUT2D eigenvalue weighted by atomic mass is 79.9. The molecule has 0 saturated carbocycles. The molecule has 0 unspecified atom stereocenters. The summed E-state index contributed by atoms with van der Waals surface area (Å²) < 4.78 is 4.52. The van der Waals surface area contributed by atoms with Crippen molar-refractivity contribution in [3.05, 3.63) is 48.5 Å². The summed E-state index contributed by atoms with van der Waals surface area (Å²) in [7, 11) is 0. The third-order valence-corrected chi connectivity index (χ3v) is 3.91. The molecule has 2 nitrogen and oxygen atoms in total. The van der Waals surface area contributed by atoms with Crippen LogP contribution < -0.4 is 0 Å². The molecule has 0 saturated heterocycles. The molecule has 2 rings (SSSR count). The van der Waals surface area contributed by atoms with Crippen molar-refractivity contribution in [2.24, 2.45) is 0 Å². The number of nitrogens with zero attached hydrogens (tertiary/aromatic N) is 2. The first-order valence-corrected chi connectivity index (χ1v) is 7.15. The maximum Gasteiger partial charge on any atom is 0.129 e. The molecule has 16 heavy (non-hydrogen) atoms. The van der Waals surface area contributed by atoms with Crippen LogP contribution in [0.4, 0.5) is 0 Å². The lowest BCUT2D eigenvalue weighted by atomic mass is 10.2. The highest BCUT2D eigenvalue weighted by Gasteiger charge is 2.07. The number of halogens is 4. The van der Waals surface area contributed by atoms with Gasteiger partial charge in [0, 0.05) is 15.6 Å². The molecule has 0 aliphatic rings. The highest BCUT2D eigenvalue weighted by molar-refractivity contribution is 9.11. The van der Waals surface area contributed by atoms with E-state index in [1.807, 2.05) is 28.9 Å². The summed E-state index contributed by atoms with van der Waals surface area (Å²) in [6, 6.07) is 7.72. The van der Waals surface area contributed by atoms with E-state index in [2.05, 4.69) is 52.9 Å². The topological polar surface area (TPSA) is 17.8 Å². The highest BCUT2D eigenvalue weighted by Crippen LogP contribution is 2.24. The summed E-state index contributed by atoms with van der Waals surface area (Å²) in [5.74, 6) is 0. The van der Waals surface area contributed by atoms with Gasteiger partial charge in [-0.3, -0.25) is 4.68 Å². The molecular formula is C10H6Br3ClN2. The Labute approximate surface area is 123 Å². The normalized spacial score (nSPS) is 10.8. The molecule has 0 fully saturated rings. The SMILES string of the molecule is Clc1cc(Br)ccc1Cn1nc(Br)cc1Br. The number of aromatic nitrogens is 2. The molecule has 1 aromatic carbocycles. The summed E-state index contributed by atoms with van der Waals surface area (Å²) in [6.45, 7) is 0.637. The van der Waals surface area contributed by atoms with Crippen molar-refractivity contribution in [2.45, 2.75) is 6.54 Å². The minimum atomic E-state index is 0.637. The lowest BCUT2D eigenvalue weighted by Gasteiger charge is -2.06. The standard InChI is InChI=1S/C10H6Br3ClN2/c11-7-2-1-6(8(14)3-7)5-16-10(13)4-9(12)15-16/h1-4H,5H2. The van der Waals surface area contributed by atoms with Crippen molar-refractivity contribution in [1.82, 2.24) is 9.78 Å². The number of rotatable bonds is 2. The van der Waals surface area contributed by atoms with E-state index in [4.69, 9.17) is 11.6 Å². The molecule has 0 atom stereocenters. The molecule has 0 aliphatic carbocycles. The van der Waals surface area contributed by atoms with Crippen LogP contribution in [-0.4, -0.2) is 9.78 Å². The van der Waals surface area contributed by atoms with E-state index in [0.717, 1.165) is 24.3 Å². The van der Waals surface area contributed by atoms with Crippen LogP contribution in [0.15, 0.2) is 37.9 Å². The Morgan fingerprint density at radius 1 is 1.19 bits per heavy atom. The maximum atomic E-state index is 6.14. The fraction of sp³-hybridized carbons (Fsp3) is 0.100. The van der Waals surface area contributed by atoms with E-state index in [-0.39, 0.29) is 0 Å². The second-order valence-electron chi connectivity index (χ2n) is 3.18. The van der Waals surface area contributed by atoms with Gasteiger partial charge in [-0.1, -0.05) is 33.6 Å². The second-order valence-corrected chi connectivity index (χ2v) is 6.13. The van der Waals surface area contributed by atoms with Gasteiger partial charge in [0.25, 0.3) is 0 Å². The minimum Gasteiger partial charge on any atom is -0.253 e. The molecule has 2 aromatic rings. The molecule has 6 heteroatoms. The van der Waals surface area contributed by atoms with Gasteiger partial charge in [0.15, 0.2) is 0 Å². The zero-order chi connectivity index (χ0) is 11.7. The number of hydrogen-bond acceptors (Lipinski definition) is 1. The zero-order valence-corrected chi connectivity index (χ0v) is 13.4. The van der Waals surface area contributed by atoms with Gasteiger partial charge < -0.3 is 0 Å². The van der Waals surface area contributed by atoms with E-state index in [1.54, 1.807) is 0 Å². The maximum absolute atomic E-state index is 6.14. The Bertz CT molecular complexity index is 525. The first kappa shape index (κ1) is 12.6. The van der Waals surface area contributed by atoms with Gasteiger partial charge in [-0.15, -0.1) is 0 Å². The molecule has 0 amide bonds. The smallest absolute Gasteiger partial charge is 0.129 e. The Kier molecular flexibility index (Phi) is 4.11. The van der Waals surface area contributed by atoms with Gasteiger partial charge in [0.1, 0.15) is 9.21 Å². The summed E-state index contributed by atoms with van der Waals surface area (Å²) in [6.07, 6.45) is 0. The fourth-order valence-electron chi connectivity index (χ4n) is 1.29. The minimum absolute atomic E-state index is 0.637. The molecule has 0 spiro atoms. The van der Waals surface area contributed by atoms with Gasteiger partial charge in [-0.05, 0) is 49.6 Å².